The van der Waals surface area contributed by atoms with Crippen molar-refractivity contribution in [3.8, 4) is 0 Å². The topological polar surface area (TPSA) is 79.5 Å². The van der Waals surface area contributed by atoms with E-state index in [0.717, 1.165) is 5.69 Å². The predicted octanol–water partition coefficient (Wildman–Crippen LogP) is 5.25. The molecule has 0 bridgehead atoms. The fourth-order valence-electron chi connectivity index (χ4n) is 2.59. The van der Waals surface area contributed by atoms with Crippen LogP contribution in [0.2, 0.25) is 0 Å². The highest BCUT2D eigenvalue weighted by Crippen LogP contribution is 2.23. The van der Waals surface area contributed by atoms with Gasteiger partial charge >= 0.3 is 12.0 Å². The van der Waals surface area contributed by atoms with Crippen LogP contribution in [0.25, 0.3) is 0 Å². The first-order valence-electron chi connectivity index (χ1n) is 8.92. The van der Waals surface area contributed by atoms with E-state index in [2.05, 4.69) is 16.0 Å². The standard InChI is InChI=1S/C22H21N3O3/c1-2-28-21(26)19-10-6-7-11-20(19)23-17-12-14-18(15-13-17)25-22(27)24-16-8-4-3-5-9-16/h3-15,23H,2H2,1H3,(H2,24,25,27). The number of para-hydroxylation sites is 2. The van der Waals surface area contributed by atoms with Gasteiger partial charge in [0.1, 0.15) is 0 Å². The molecule has 2 amide bonds. The van der Waals surface area contributed by atoms with Crippen molar-refractivity contribution < 1.29 is 14.3 Å². The molecule has 3 rings (SSSR count). The Labute approximate surface area is 163 Å². The minimum atomic E-state index is -0.374. The number of hydrogen-bond donors (Lipinski definition) is 3. The van der Waals surface area contributed by atoms with E-state index >= 15 is 0 Å². The van der Waals surface area contributed by atoms with Gasteiger partial charge in [-0.2, -0.15) is 0 Å². The summed E-state index contributed by atoms with van der Waals surface area (Å²) in [7, 11) is 0. The van der Waals surface area contributed by atoms with Gasteiger partial charge in [0.15, 0.2) is 0 Å². The van der Waals surface area contributed by atoms with Crippen LogP contribution in [-0.2, 0) is 4.74 Å². The highest BCUT2D eigenvalue weighted by molar-refractivity contribution is 6.00. The summed E-state index contributed by atoms with van der Waals surface area (Å²) in [6, 6.07) is 23.2. The number of rotatable bonds is 6. The number of benzene rings is 3. The Bertz CT molecular complexity index is 941. The van der Waals surface area contributed by atoms with Crippen LogP contribution in [0.5, 0.6) is 0 Å². The van der Waals surface area contributed by atoms with E-state index in [1.165, 1.54) is 0 Å². The molecule has 0 atom stereocenters. The lowest BCUT2D eigenvalue weighted by molar-refractivity contribution is 0.0527. The Hall–Kier alpha value is -3.80. The molecule has 0 fully saturated rings. The van der Waals surface area contributed by atoms with E-state index in [1.807, 2.05) is 54.6 Å². The molecule has 142 valence electrons. The zero-order valence-electron chi connectivity index (χ0n) is 15.4. The number of amides is 2. The molecule has 0 saturated heterocycles. The fourth-order valence-corrected chi connectivity index (χ4v) is 2.59. The molecule has 0 aromatic heterocycles. The molecule has 6 heteroatoms. The van der Waals surface area contributed by atoms with Gasteiger partial charge in [-0.1, -0.05) is 30.3 Å². The Kier molecular flexibility index (Phi) is 6.25. The first-order valence-corrected chi connectivity index (χ1v) is 8.92. The van der Waals surface area contributed by atoms with Gasteiger partial charge < -0.3 is 20.7 Å². The van der Waals surface area contributed by atoms with Crippen molar-refractivity contribution in [3.05, 3.63) is 84.4 Å². The van der Waals surface area contributed by atoms with Gasteiger partial charge in [0.2, 0.25) is 0 Å². The highest BCUT2D eigenvalue weighted by atomic mass is 16.5. The Morgan fingerprint density at radius 2 is 1.32 bits per heavy atom. The van der Waals surface area contributed by atoms with Gasteiger partial charge in [0.25, 0.3) is 0 Å². The maximum absolute atomic E-state index is 12.1. The molecule has 0 aliphatic carbocycles. The lowest BCUT2D eigenvalue weighted by Gasteiger charge is -2.12. The van der Waals surface area contributed by atoms with Crippen molar-refractivity contribution in [1.29, 1.82) is 0 Å². The summed E-state index contributed by atoms with van der Waals surface area (Å²) >= 11 is 0. The Morgan fingerprint density at radius 3 is 2.00 bits per heavy atom. The van der Waals surface area contributed by atoms with E-state index in [-0.39, 0.29) is 12.0 Å². The maximum atomic E-state index is 12.1. The summed E-state index contributed by atoms with van der Waals surface area (Å²) < 4.78 is 5.08. The van der Waals surface area contributed by atoms with Crippen molar-refractivity contribution in [2.75, 3.05) is 22.6 Å². The molecule has 3 N–H and O–H groups in total. The van der Waals surface area contributed by atoms with Crippen LogP contribution in [0.15, 0.2) is 78.9 Å². The predicted molar refractivity (Wildman–Crippen MR) is 111 cm³/mol. The molecule has 0 spiro atoms. The van der Waals surface area contributed by atoms with Crippen LogP contribution in [0.4, 0.5) is 27.5 Å². The van der Waals surface area contributed by atoms with Gasteiger partial charge in [-0.25, -0.2) is 9.59 Å². The average Bonchev–Trinajstić information content (AvgIpc) is 2.71. The minimum absolute atomic E-state index is 0.318. The van der Waals surface area contributed by atoms with Gasteiger partial charge in [-0.15, -0.1) is 0 Å². The molecule has 0 saturated carbocycles. The fraction of sp³-hybridized carbons (Fsp3) is 0.0909. The van der Waals surface area contributed by atoms with Crippen LogP contribution >= 0.6 is 0 Å². The van der Waals surface area contributed by atoms with Crippen LogP contribution in [0.1, 0.15) is 17.3 Å². The highest BCUT2D eigenvalue weighted by Gasteiger charge is 2.12. The number of nitrogens with one attached hydrogen (secondary N) is 3. The molecule has 0 aliphatic heterocycles. The second-order valence-electron chi connectivity index (χ2n) is 5.91. The number of hydrogen-bond acceptors (Lipinski definition) is 4. The van der Waals surface area contributed by atoms with E-state index in [0.29, 0.717) is 29.2 Å². The van der Waals surface area contributed by atoms with Gasteiger partial charge in [0, 0.05) is 17.1 Å². The molecule has 0 aliphatic rings. The Morgan fingerprint density at radius 1 is 0.750 bits per heavy atom. The van der Waals surface area contributed by atoms with Gasteiger partial charge in [-0.3, -0.25) is 0 Å². The molecule has 0 unspecified atom stereocenters. The van der Waals surface area contributed by atoms with Crippen molar-refractivity contribution >= 4 is 34.7 Å². The first kappa shape index (κ1) is 19.0. The number of anilines is 4. The molecular weight excluding hydrogens is 354 g/mol. The van der Waals surface area contributed by atoms with Gasteiger partial charge in [-0.05, 0) is 55.5 Å². The SMILES string of the molecule is CCOC(=O)c1ccccc1Nc1ccc(NC(=O)Nc2ccccc2)cc1. The summed E-state index contributed by atoms with van der Waals surface area (Å²) in [5.74, 6) is -0.374. The Balaban J connectivity index is 1.64. The van der Waals surface area contributed by atoms with E-state index in [1.54, 1.807) is 31.2 Å². The molecule has 3 aromatic rings. The zero-order valence-corrected chi connectivity index (χ0v) is 15.4. The second kappa shape index (κ2) is 9.23. The third-order valence-electron chi connectivity index (χ3n) is 3.88. The van der Waals surface area contributed by atoms with Crippen LogP contribution in [0.3, 0.4) is 0 Å². The quantitative estimate of drug-likeness (QED) is 0.514. The summed E-state index contributed by atoms with van der Waals surface area (Å²) in [4.78, 5) is 24.1. The summed E-state index contributed by atoms with van der Waals surface area (Å²) in [5, 5.41) is 8.74. The van der Waals surface area contributed by atoms with Crippen molar-refractivity contribution in [2.45, 2.75) is 6.92 Å². The molecule has 0 heterocycles. The monoisotopic (exact) mass is 375 g/mol. The third-order valence-corrected chi connectivity index (χ3v) is 3.88. The number of carbonyl (C=O) groups excluding carboxylic acids is 2. The average molecular weight is 375 g/mol. The number of urea groups is 1. The van der Waals surface area contributed by atoms with Crippen LogP contribution in [-0.4, -0.2) is 18.6 Å². The number of carbonyl (C=O) groups is 2. The zero-order chi connectivity index (χ0) is 19.8. The van der Waals surface area contributed by atoms with Crippen molar-refractivity contribution in [1.82, 2.24) is 0 Å². The van der Waals surface area contributed by atoms with E-state index in [9.17, 15) is 9.59 Å². The number of ether oxygens (including phenoxy) is 1. The molecule has 3 aromatic carbocycles. The largest absolute Gasteiger partial charge is 0.462 e. The maximum Gasteiger partial charge on any atom is 0.340 e. The smallest absolute Gasteiger partial charge is 0.340 e. The van der Waals surface area contributed by atoms with Crippen LogP contribution in [0, 0.1) is 0 Å². The lowest BCUT2D eigenvalue weighted by atomic mass is 10.1. The summed E-state index contributed by atoms with van der Waals surface area (Å²) in [6.07, 6.45) is 0. The molecular formula is C22H21N3O3. The van der Waals surface area contributed by atoms with Crippen molar-refractivity contribution in [2.24, 2.45) is 0 Å². The first-order chi connectivity index (χ1) is 13.7. The lowest BCUT2D eigenvalue weighted by Crippen LogP contribution is -2.19. The summed E-state index contributed by atoms with van der Waals surface area (Å²) in [5.41, 5.74) is 3.27. The molecule has 6 nitrogen and oxygen atoms in total. The molecule has 0 radical (unpaired) electrons. The van der Waals surface area contributed by atoms with Crippen molar-refractivity contribution in [3.63, 3.8) is 0 Å². The minimum Gasteiger partial charge on any atom is -0.462 e. The normalized spacial score (nSPS) is 10.0. The number of esters is 1. The molecule has 28 heavy (non-hydrogen) atoms. The second-order valence-corrected chi connectivity index (χ2v) is 5.91. The van der Waals surface area contributed by atoms with Crippen LogP contribution < -0.4 is 16.0 Å². The van der Waals surface area contributed by atoms with E-state index in [4.69, 9.17) is 4.74 Å². The van der Waals surface area contributed by atoms with E-state index < -0.39 is 0 Å². The van der Waals surface area contributed by atoms with Gasteiger partial charge in [0.05, 0.1) is 17.9 Å². The third kappa shape index (κ3) is 5.11. The summed E-state index contributed by atoms with van der Waals surface area (Å²) in [6.45, 7) is 2.09.